The lowest BCUT2D eigenvalue weighted by molar-refractivity contribution is 0.0195. The van der Waals surface area contributed by atoms with Crippen LogP contribution in [0.1, 0.15) is 59.8 Å². The van der Waals surface area contributed by atoms with Gasteiger partial charge in [0.15, 0.2) is 0 Å². The van der Waals surface area contributed by atoms with E-state index in [-0.39, 0.29) is 11.5 Å². The lowest BCUT2D eigenvalue weighted by atomic mass is 9.66. The lowest BCUT2D eigenvalue weighted by Crippen LogP contribution is -2.35. The van der Waals surface area contributed by atoms with Crippen LogP contribution < -0.4 is 0 Å². The number of allylic oxidation sites excluding steroid dienone is 2. The molecule has 1 nitrogen and oxygen atoms in total. The minimum absolute atomic E-state index is 0.162. The number of aliphatic hydroxyl groups is 1. The van der Waals surface area contributed by atoms with Gasteiger partial charge in [-0.2, -0.15) is 0 Å². The Morgan fingerprint density at radius 1 is 1.36 bits per heavy atom. The van der Waals surface area contributed by atoms with Crippen molar-refractivity contribution in [1.29, 1.82) is 0 Å². The predicted octanol–water partition coefficient (Wildman–Crippen LogP) is 3.67. The van der Waals surface area contributed by atoms with E-state index in [4.69, 9.17) is 0 Å². The second kappa shape index (κ2) is 4.48. The van der Waals surface area contributed by atoms with E-state index < -0.39 is 0 Å². The minimum Gasteiger partial charge on any atom is -0.393 e. The first-order valence-corrected chi connectivity index (χ1v) is 5.85. The Balaban J connectivity index is 2.82. The smallest absolute Gasteiger partial charge is 0.0571 e. The van der Waals surface area contributed by atoms with E-state index in [0.717, 1.165) is 12.8 Å². The molecule has 82 valence electrons. The van der Waals surface area contributed by atoms with Crippen LogP contribution in [0.2, 0.25) is 0 Å². The Labute approximate surface area is 88.2 Å². The first kappa shape index (κ1) is 11.8. The molecule has 0 saturated carbocycles. The van der Waals surface area contributed by atoms with E-state index in [1.54, 1.807) is 0 Å². The molecular weight excluding hydrogens is 172 g/mol. The fourth-order valence-corrected chi connectivity index (χ4v) is 2.69. The van der Waals surface area contributed by atoms with E-state index in [9.17, 15) is 5.11 Å². The summed E-state index contributed by atoms with van der Waals surface area (Å²) in [6, 6.07) is 0. The number of rotatable bonds is 3. The van der Waals surface area contributed by atoms with E-state index in [2.05, 4.69) is 20.8 Å². The van der Waals surface area contributed by atoms with Crippen LogP contribution in [0.25, 0.3) is 0 Å². The van der Waals surface area contributed by atoms with Gasteiger partial charge in [0.05, 0.1) is 6.10 Å². The summed E-state index contributed by atoms with van der Waals surface area (Å²) in [5.41, 5.74) is 3.22. The van der Waals surface area contributed by atoms with Crippen LogP contribution in [0, 0.1) is 5.41 Å². The third-order valence-corrected chi connectivity index (χ3v) is 3.98. The van der Waals surface area contributed by atoms with Gasteiger partial charge in [0, 0.05) is 5.41 Å². The summed E-state index contributed by atoms with van der Waals surface area (Å²) in [6.45, 7) is 8.63. The predicted molar refractivity (Wildman–Crippen MR) is 61.2 cm³/mol. The zero-order valence-electron chi connectivity index (χ0n) is 10.1. The molecule has 0 aromatic rings. The second-order valence-corrected chi connectivity index (χ2v) is 5.03. The van der Waals surface area contributed by atoms with Crippen LogP contribution in [0.5, 0.6) is 0 Å². The van der Waals surface area contributed by atoms with Crippen LogP contribution in [0.15, 0.2) is 11.1 Å². The van der Waals surface area contributed by atoms with E-state index >= 15 is 0 Å². The molecule has 0 amide bonds. The molecule has 1 N–H and O–H groups in total. The Kier molecular flexibility index (Phi) is 3.77. The summed E-state index contributed by atoms with van der Waals surface area (Å²) in [4.78, 5) is 0. The average Bonchev–Trinajstić information content (AvgIpc) is 2.12. The summed E-state index contributed by atoms with van der Waals surface area (Å²) in [7, 11) is 0. The van der Waals surface area contributed by atoms with Crippen LogP contribution in [0.3, 0.4) is 0 Å². The maximum Gasteiger partial charge on any atom is 0.0571 e. The average molecular weight is 196 g/mol. The zero-order chi connectivity index (χ0) is 10.8. The Morgan fingerprint density at radius 2 is 2.00 bits per heavy atom. The Morgan fingerprint density at radius 3 is 2.43 bits per heavy atom. The molecule has 0 spiro atoms. The highest BCUT2D eigenvalue weighted by Gasteiger charge is 2.36. The third-order valence-electron chi connectivity index (χ3n) is 3.98. The first-order valence-electron chi connectivity index (χ1n) is 5.85. The highest BCUT2D eigenvalue weighted by molar-refractivity contribution is 5.17. The summed E-state index contributed by atoms with van der Waals surface area (Å²) >= 11 is 0. The van der Waals surface area contributed by atoms with Gasteiger partial charge in [-0.15, -0.1) is 0 Å². The highest BCUT2D eigenvalue weighted by Crippen LogP contribution is 2.45. The first-order chi connectivity index (χ1) is 6.52. The van der Waals surface area contributed by atoms with Gasteiger partial charge in [-0.25, -0.2) is 0 Å². The van der Waals surface area contributed by atoms with E-state index in [0.29, 0.717) is 0 Å². The summed E-state index contributed by atoms with van der Waals surface area (Å²) in [5.74, 6) is 0. The standard InChI is InChI=1S/C13H24O/c1-5-7-13(12(4)14)8-6-10(2)11(3)9-13/h12,14H,5-9H2,1-4H3. The molecule has 1 heteroatoms. The number of hydrogen-bond donors (Lipinski definition) is 1. The van der Waals surface area contributed by atoms with Crippen molar-refractivity contribution >= 4 is 0 Å². The molecular formula is C13H24O. The minimum atomic E-state index is -0.162. The highest BCUT2D eigenvalue weighted by atomic mass is 16.3. The Bertz CT molecular complexity index is 227. The summed E-state index contributed by atoms with van der Waals surface area (Å²) in [5, 5.41) is 9.94. The van der Waals surface area contributed by atoms with Gasteiger partial charge >= 0.3 is 0 Å². The van der Waals surface area contributed by atoms with Gasteiger partial charge < -0.3 is 5.11 Å². The van der Waals surface area contributed by atoms with Crippen molar-refractivity contribution in [3.8, 4) is 0 Å². The molecule has 0 aromatic heterocycles. The maximum absolute atomic E-state index is 9.94. The molecule has 1 aliphatic carbocycles. The SMILES string of the molecule is CCCC1(C(C)O)CCC(C)=C(C)C1. The van der Waals surface area contributed by atoms with Crippen LogP contribution in [-0.2, 0) is 0 Å². The van der Waals surface area contributed by atoms with Gasteiger partial charge in [-0.05, 0) is 46.5 Å². The molecule has 1 rings (SSSR count). The van der Waals surface area contributed by atoms with Crippen molar-refractivity contribution in [2.24, 2.45) is 5.41 Å². The van der Waals surface area contributed by atoms with Gasteiger partial charge in [0.25, 0.3) is 0 Å². The van der Waals surface area contributed by atoms with Gasteiger partial charge in [-0.1, -0.05) is 24.5 Å². The lowest BCUT2D eigenvalue weighted by Gasteiger charge is -2.40. The zero-order valence-corrected chi connectivity index (χ0v) is 10.1. The molecule has 0 bridgehead atoms. The van der Waals surface area contributed by atoms with E-state index in [1.165, 1.54) is 30.4 Å². The topological polar surface area (TPSA) is 20.2 Å². The van der Waals surface area contributed by atoms with Crippen molar-refractivity contribution in [3.05, 3.63) is 11.1 Å². The van der Waals surface area contributed by atoms with Crippen molar-refractivity contribution in [1.82, 2.24) is 0 Å². The largest absolute Gasteiger partial charge is 0.393 e. The summed E-state index contributed by atoms with van der Waals surface area (Å²) in [6.07, 6.45) is 5.63. The molecule has 0 saturated heterocycles. The third kappa shape index (κ3) is 2.20. The molecule has 1 aliphatic rings. The van der Waals surface area contributed by atoms with Gasteiger partial charge in [0.2, 0.25) is 0 Å². The molecule has 0 radical (unpaired) electrons. The van der Waals surface area contributed by atoms with Crippen molar-refractivity contribution in [2.45, 2.75) is 65.9 Å². The fourth-order valence-electron chi connectivity index (χ4n) is 2.69. The summed E-state index contributed by atoms with van der Waals surface area (Å²) < 4.78 is 0. The molecule has 14 heavy (non-hydrogen) atoms. The molecule has 2 atom stereocenters. The molecule has 2 unspecified atom stereocenters. The normalized spacial score (nSPS) is 30.6. The number of hydrogen-bond acceptors (Lipinski definition) is 1. The van der Waals surface area contributed by atoms with E-state index in [1.807, 2.05) is 6.92 Å². The monoisotopic (exact) mass is 196 g/mol. The van der Waals surface area contributed by atoms with Crippen molar-refractivity contribution in [2.75, 3.05) is 0 Å². The van der Waals surface area contributed by atoms with Gasteiger partial charge in [0.1, 0.15) is 0 Å². The van der Waals surface area contributed by atoms with Gasteiger partial charge in [-0.3, -0.25) is 0 Å². The Hall–Kier alpha value is -0.300. The quantitative estimate of drug-likeness (QED) is 0.683. The molecule has 0 heterocycles. The van der Waals surface area contributed by atoms with Crippen LogP contribution in [-0.4, -0.2) is 11.2 Å². The second-order valence-electron chi connectivity index (χ2n) is 5.03. The fraction of sp³-hybridized carbons (Fsp3) is 0.846. The van der Waals surface area contributed by atoms with Crippen molar-refractivity contribution in [3.63, 3.8) is 0 Å². The molecule has 0 fully saturated rings. The van der Waals surface area contributed by atoms with Crippen molar-refractivity contribution < 1.29 is 5.11 Å². The van der Waals surface area contributed by atoms with Crippen LogP contribution in [0.4, 0.5) is 0 Å². The number of aliphatic hydroxyl groups excluding tert-OH is 1. The molecule has 0 aromatic carbocycles. The molecule has 0 aliphatic heterocycles. The van der Waals surface area contributed by atoms with Crippen LogP contribution >= 0.6 is 0 Å². The maximum atomic E-state index is 9.94.